The van der Waals surface area contributed by atoms with Gasteiger partial charge in [0.1, 0.15) is 0 Å². The molecule has 158 valence electrons. The lowest BCUT2D eigenvalue weighted by Crippen LogP contribution is -2.39. The highest BCUT2D eigenvalue weighted by Gasteiger charge is 2.42. The number of ketones is 1. The summed E-state index contributed by atoms with van der Waals surface area (Å²) in [5.41, 5.74) is 0.810. The molecule has 2 heterocycles. The summed E-state index contributed by atoms with van der Waals surface area (Å²) < 4.78 is 16.0. The third-order valence-electron chi connectivity index (χ3n) is 5.38. The van der Waals surface area contributed by atoms with Gasteiger partial charge in [0.2, 0.25) is 0 Å². The van der Waals surface area contributed by atoms with Crippen LogP contribution in [0.4, 0.5) is 0 Å². The van der Waals surface area contributed by atoms with Gasteiger partial charge in [-0.05, 0) is 31.0 Å². The van der Waals surface area contributed by atoms with Crippen molar-refractivity contribution in [2.75, 3.05) is 53.6 Å². The summed E-state index contributed by atoms with van der Waals surface area (Å²) in [6.45, 7) is 5.79. The van der Waals surface area contributed by atoms with E-state index in [1.54, 1.807) is 30.2 Å². The first-order chi connectivity index (χ1) is 14.0. The lowest BCUT2D eigenvalue weighted by Gasteiger charge is -2.30. The van der Waals surface area contributed by atoms with E-state index in [0.717, 1.165) is 26.1 Å². The lowest BCUT2D eigenvalue weighted by atomic mass is 9.96. The number of amides is 1. The fourth-order valence-corrected chi connectivity index (χ4v) is 3.90. The van der Waals surface area contributed by atoms with Crippen LogP contribution in [0.15, 0.2) is 29.5 Å². The second-order valence-corrected chi connectivity index (χ2v) is 7.14. The van der Waals surface area contributed by atoms with Crippen LogP contribution in [0.2, 0.25) is 0 Å². The van der Waals surface area contributed by atoms with E-state index in [-0.39, 0.29) is 11.4 Å². The molecule has 8 nitrogen and oxygen atoms in total. The maximum atomic E-state index is 12.7. The van der Waals surface area contributed by atoms with Gasteiger partial charge in [-0.2, -0.15) is 0 Å². The summed E-state index contributed by atoms with van der Waals surface area (Å²) in [4.78, 5) is 28.8. The first-order valence-corrected chi connectivity index (χ1v) is 9.75. The predicted octanol–water partition coefficient (Wildman–Crippen LogP) is 1.71. The van der Waals surface area contributed by atoms with Gasteiger partial charge in [0.25, 0.3) is 5.91 Å². The zero-order valence-electron chi connectivity index (χ0n) is 17.1. The topological polar surface area (TPSA) is 88.5 Å². The van der Waals surface area contributed by atoms with Crippen LogP contribution in [-0.2, 0) is 14.3 Å². The number of benzene rings is 1. The summed E-state index contributed by atoms with van der Waals surface area (Å²) in [5, 5.41) is 10.4. The van der Waals surface area contributed by atoms with Gasteiger partial charge in [-0.25, -0.2) is 0 Å². The summed E-state index contributed by atoms with van der Waals surface area (Å²) in [6, 6.07) is 4.62. The van der Waals surface area contributed by atoms with Crippen molar-refractivity contribution in [1.82, 2.24) is 9.80 Å². The number of hydrogen-bond donors (Lipinski definition) is 1. The number of morpholine rings is 1. The second kappa shape index (κ2) is 9.28. The Morgan fingerprint density at radius 3 is 2.48 bits per heavy atom. The average Bonchev–Trinajstić information content (AvgIpc) is 2.99. The number of aliphatic hydroxyl groups is 1. The summed E-state index contributed by atoms with van der Waals surface area (Å²) in [5.74, 6) is -0.260. The predicted molar refractivity (Wildman–Crippen MR) is 106 cm³/mol. The number of Topliss-reactive ketones (excluding diaryl/α,β-unsaturated/α-hetero) is 1. The molecule has 0 aromatic heterocycles. The third-order valence-corrected chi connectivity index (χ3v) is 5.38. The minimum Gasteiger partial charge on any atom is -0.503 e. The highest BCUT2D eigenvalue weighted by molar-refractivity contribution is 6.08. The van der Waals surface area contributed by atoms with Crippen molar-refractivity contribution < 1.29 is 28.9 Å². The quantitative estimate of drug-likeness (QED) is 0.706. The largest absolute Gasteiger partial charge is 0.503 e. The Morgan fingerprint density at radius 1 is 1.17 bits per heavy atom. The van der Waals surface area contributed by atoms with Gasteiger partial charge in [-0.15, -0.1) is 0 Å². The van der Waals surface area contributed by atoms with Crippen molar-refractivity contribution in [3.63, 3.8) is 0 Å². The normalized spacial score (nSPS) is 20.3. The molecular weight excluding hydrogens is 376 g/mol. The van der Waals surface area contributed by atoms with Crippen LogP contribution in [-0.4, -0.2) is 80.2 Å². The van der Waals surface area contributed by atoms with Gasteiger partial charge in [-0.1, -0.05) is 6.07 Å². The van der Waals surface area contributed by atoms with Gasteiger partial charge >= 0.3 is 0 Å². The zero-order valence-corrected chi connectivity index (χ0v) is 17.1. The smallest absolute Gasteiger partial charge is 0.290 e. The van der Waals surface area contributed by atoms with Crippen molar-refractivity contribution >= 4 is 11.7 Å². The standard InChI is InChI=1S/C21H28N2O6/c1-14(24)18-19(15-5-6-16(27-2)17(13-15)28-3)23(21(26)20(18)25)8-4-7-22-9-11-29-12-10-22/h5-6,13,19,25H,4,7-12H2,1-3H3. The molecule has 29 heavy (non-hydrogen) atoms. The number of ether oxygens (including phenoxy) is 3. The van der Waals surface area contributed by atoms with E-state index in [9.17, 15) is 14.7 Å². The van der Waals surface area contributed by atoms with Crippen molar-refractivity contribution in [3.05, 3.63) is 35.1 Å². The first-order valence-electron chi connectivity index (χ1n) is 9.75. The van der Waals surface area contributed by atoms with Crippen LogP contribution in [0.1, 0.15) is 24.9 Å². The van der Waals surface area contributed by atoms with E-state index in [1.807, 2.05) is 0 Å². The molecule has 8 heteroatoms. The molecule has 1 saturated heterocycles. The highest BCUT2D eigenvalue weighted by atomic mass is 16.5. The number of nitrogens with zero attached hydrogens (tertiary/aromatic N) is 2. The van der Waals surface area contributed by atoms with E-state index >= 15 is 0 Å². The maximum Gasteiger partial charge on any atom is 0.290 e. The van der Waals surface area contributed by atoms with E-state index < -0.39 is 17.7 Å². The number of carbonyl (C=O) groups is 2. The summed E-state index contributed by atoms with van der Waals surface area (Å²) in [7, 11) is 3.07. The lowest BCUT2D eigenvalue weighted by molar-refractivity contribution is -0.129. The number of aliphatic hydroxyl groups excluding tert-OH is 1. The minimum atomic E-state index is -0.649. The summed E-state index contributed by atoms with van der Waals surface area (Å²) >= 11 is 0. The number of carbonyl (C=O) groups excluding carboxylic acids is 2. The Balaban J connectivity index is 1.84. The molecule has 1 unspecified atom stereocenters. The molecule has 0 bridgehead atoms. The molecule has 1 aromatic carbocycles. The zero-order chi connectivity index (χ0) is 21.0. The Labute approximate surface area is 170 Å². The molecule has 0 aliphatic carbocycles. The number of hydrogen-bond acceptors (Lipinski definition) is 7. The monoisotopic (exact) mass is 404 g/mol. The van der Waals surface area contributed by atoms with Gasteiger partial charge in [0.05, 0.1) is 39.0 Å². The molecule has 1 fully saturated rings. The van der Waals surface area contributed by atoms with Crippen LogP contribution < -0.4 is 9.47 Å². The Kier molecular flexibility index (Phi) is 6.76. The Bertz CT molecular complexity index is 800. The molecule has 2 aliphatic rings. The van der Waals surface area contributed by atoms with E-state index in [0.29, 0.717) is 36.8 Å². The van der Waals surface area contributed by atoms with Crippen molar-refractivity contribution in [2.24, 2.45) is 0 Å². The molecule has 0 spiro atoms. The molecule has 1 amide bonds. The fraction of sp³-hybridized carbons (Fsp3) is 0.524. The molecular formula is C21H28N2O6. The molecule has 0 radical (unpaired) electrons. The SMILES string of the molecule is COc1ccc(C2C(C(C)=O)=C(O)C(=O)N2CCCN2CCOCC2)cc1OC. The van der Waals surface area contributed by atoms with Crippen LogP contribution >= 0.6 is 0 Å². The highest BCUT2D eigenvalue weighted by Crippen LogP contribution is 2.40. The molecule has 1 aromatic rings. The van der Waals surface area contributed by atoms with Gasteiger partial charge in [-0.3, -0.25) is 14.5 Å². The Hall–Kier alpha value is -2.58. The first kappa shape index (κ1) is 21.1. The molecule has 0 saturated carbocycles. The van der Waals surface area contributed by atoms with Crippen molar-refractivity contribution in [2.45, 2.75) is 19.4 Å². The number of rotatable bonds is 8. The van der Waals surface area contributed by atoms with Crippen LogP contribution in [0.25, 0.3) is 0 Å². The number of methoxy groups -OCH3 is 2. The Morgan fingerprint density at radius 2 is 1.86 bits per heavy atom. The van der Waals surface area contributed by atoms with E-state index in [2.05, 4.69) is 4.90 Å². The molecule has 1 N–H and O–H groups in total. The fourth-order valence-electron chi connectivity index (χ4n) is 3.90. The van der Waals surface area contributed by atoms with E-state index in [4.69, 9.17) is 14.2 Å². The third kappa shape index (κ3) is 4.38. The van der Waals surface area contributed by atoms with E-state index in [1.165, 1.54) is 14.0 Å². The van der Waals surface area contributed by atoms with Gasteiger partial charge in [0.15, 0.2) is 23.0 Å². The minimum absolute atomic E-state index is 0.119. The molecule has 1 atom stereocenters. The van der Waals surface area contributed by atoms with Gasteiger partial charge < -0.3 is 24.2 Å². The average molecular weight is 404 g/mol. The second-order valence-electron chi connectivity index (χ2n) is 7.14. The van der Waals surface area contributed by atoms with Crippen LogP contribution in [0, 0.1) is 0 Å². The van der Waals surface area contributed by atoms with Crippen molar-refractivity contribution in [3.8, 4) is 11.5 Å². The maximum absolute atomic E-state index is 12.7. The molecule has 2 aliphatic heterocycles. The van der Waals surface area contributed by atoms with Gasteiger partial charge in [0, 0.05) is 26.2 Å². The summed E-state index contributed by atoms with van der Waals surface area (Å²) in [6.07, 6.45) is 0.730. The van der Waals surface area contributed by atoms with Crippen LogP contribution in [0.3, 0.4) is 0 Å². The molecule has 3 rings (SSSR count). The van der Waals surface area contributed by atoms with Crippen LogP contribution in [0.5, 0.6) is 11.5 Å². The van der Waals surface area contributed by atoms with Crippen molar-refractivity contribution in [1.29, 1.82) is 0 Å².